The lowest BCUT2D eigenvalue weighted by Crippen LogP contribution is -2.27. The van der Waals surface area contributed by atoms with E-state index in [1.165, 1.54) is 13.8 Å². The zero-order valence-corrected chi connectivity index (χ0v) is 13.2. The number of carbonyl (C=O) groups excluding carboxylic acids is 1. The van der Waals surface area contributed by atoms with Gasteiger partial charge in [-0.25, -0.2) is 4.39 Å². The standard InChI is InChI=1S/C17H17FN4O/c1-17(2,18)16(23)8-14-7-13-6-11(4-5-12(13)9-19-14)15-10-22(3)21-20-15/h4-7,9-10H,8H2,1-3H3. The van der Waals surface area contributed by atoms with Crippen molar-refractivity contribution in [3.8, 4) is 11.3 Å². The topological polar surface area (TPSA) is 60.7 Å². The first-order valence-electron chi connectivity index (χ1n) is 7.30. The van der Waals surface area contributed by atoms with Gasteiger partial charge in [-0.05, 0) is 31.4 Å². The average Bonchev–Trinajstić information content (AvgIpc) is 2.92. The smallest absolute Gasteiger partial charge is 0.175 e. The van der Waals surface area contributed by atoms with Crippen molar-refractivity contribution in [2.45, 2.75) is 25.9 Å². The largest absolute Gasteiger partial charge is 0.296 e. The van der Waals surface area contributed by atoms with Crippen LogP contribution in [0.2, 0.25) is 0 Å². The summed E-state index contributed by atoms with van der Waals surface area (Å²) >= 11 is 0. The molecule has 0 aliphatic heterocycles. The highest BCUT2D eigenvalue weighted by molar-refractivity contribution is 5.90. The van der Waals surface area contributed by atoms with Crippen molar-refractivity contribution in [1.82, 2.24) is 20.0 Å². The summed E-state index contributed by atoms with van der Waals surface area (Å²) in [5, 5.41) is 9.90. The lowest BCUT2D eigenvalue weighted by Gasteiger charge is -2.12. The second kappa shape index (κ2) is 5.53. The fourth-order valence-corrected chi connectivity index (χ4v) is 2.30. The summed E-state index contributed by atoms with van der Waals surface area (Å²) < 4.78 is 15.3. The second-order valence-corrected chi connectivity index (χ2v) is 6.09. The molecule has 0 amide bonds. The van der Waals surface area contributed by atoms with Crippen LogP contribution in [0.5, 0.6) is 0 Å². The van der Waals surface area contributed by atoms with Crippen LogP contribution >= 0.6 is 0 Å². The van der Waals surface area contributed by atoms with E-state index in [-0.39, 0.29) is 6.42 Å². The Balaban J connectivity index is 1.96. The van der Waals surface area contributed by atoms with Crippen LogP contribution in [0.25, 0.3) is 22.0 Å². The quantitative estimate of drug-likeness (QED) is 0.743. The Morgan fingerprint density at radius 3 is 2.70 bits per heavy atom. The van der Waals surface area contributed by atoms with E-state index >= 15 is 0 Å². The molecule has 5 nitrogen and oxygen atoms in total. The fraction of sp³-hybridized carbons (Fsp3) is 0.294. The first-order valence-corrected chi connectivity index (χ1v) is 7.30. The van der Waals surface area contributed by atoms with E-state index in [4.69, 9.17) is 0 Å². The van der Waals surface area contributed by atoms with Gasteiger partial charge >= 0.3 is 0 Å². The first kappa shape index (κ1) is 15.3. The van der Waals surface area contributed by atoms with Crippen molar-refractivity contribution >= 4 is 16.6 Å². The molecule has 3 rings (SSSR count). The number of nitrogens with zero attached hydrogens (tertiary/aromatic N) is 4. The number of hydrogen-bond donors (Lipinski definition) is 0. The predicted octanol–water partition coefficient (Wildman–Crippen LogP) is 2.89. The number of pyridine rings is 1. The van der Waals surface area contributed by atoms with Crippen molar-refractivity contribution in [3.63, 3.8) is 0 Å². The highest BCUT2D eigenvalue weighted by Gasteiger charge is 2.26. The second-order valence-electron chi connectivity index (χ2n) is 6.09. The van der Waals surface area contributed by atoms with Crippen LogP contribution in [-0.4, -0.2) is 31.4 Å². The number of aryl methyl sites for hydroxylation is 1. The number of alkyl halides is 1. The Morgan fingerprint density at radius 2 is 2.04 bits per heavy atom. The van der Waals surface area contributed by atoms with Crippen LogP contribution in [-0.2, 0) is 18.3 Å². The molecule has 0 bridgehead atoms. The molecule has 0 unspecified atom stereocenters. The Morgan fingerprint density at radius 1 is 1.26 bits per heavy atom. The molecular weight excluding hydrogens is 295 g/mol. The van der Waals surface area contributed by atoms with Crippen molar-refractivity contribution in [2.24, 2.45) is 7.05 Å². The molecule has 0 spiro atoms. The van der Waals surface area contributed by atoms with E-state index in [0.717, 1.165) is 22.0 Å². The third-order valence-corrected chi connectivity index (χ3v) is 3.68. The molecule has 1 aromatic carbocycles. The van der Waals surface area contributed by atoms with Gasteiger partial charge in [0, 0.05) is 29.9 Å². The molecule has 2 heterocycles. The zero-order valence-electron chi connectivity index (χ0n) is 13.2. The highest BCUT2D eigenvalue weighted by atomic mass is 19.1. The van der Waals surface area contributed by atoms with Gasteiger partial charge in [0.2, 0.25) is 0 Å². The van der Waals surface area contributed by atoms with E-state index < -0.39 is 11.5 Å². The molecule has 0 radical (unpaired) electrons. The molecule has 23 heavy (non-hydrogen) atoms. The molecule has 118 valence electrons. The van der Waals surface area contributed by atoms with Gasteiger partial charge in [-0.15, -0.1) is 5.10 Å². The SMILES string of the molecule is Cn1cc(-c2ccc3cnc(CC(=O)C(C)(C)F)cc3c2)nn1. The number of aromatic nitrogens is 4. The molecule has 0 saturated carbocycles. The number of fused-ring (bicyclic) bond motifs is 1. The average molecular weight is 312 g/mol. The molecule has 0 aliphatic carbocycles. The monoisotopic (exact) mass is 312 g/mol. The van der Waals surface area contributed by atoms with Gasteiger partial charge in [-0.3, -0.25) is 14.5 Å². The Kier molecular flexibility index (Phi) is 3.67. The van der Waals surface area contributed by atoms with Crippen molar-refractivity contribution < 1.29 is 9.18 Å². The summed E-state index contributed by atoms with van der Waals surface area (Å²) in [6, 6.07) is 7.68. The van der Waals surface area contributed by atoms with E-state index in [2.05, 4.69) is 15.3 Å². The summed E-state index contributed by atoms with van der Waals surface area (Å²) in [6.07, 6.45) is 3.51. The number of benzene rings is 1. The Bertz CT molecular complexity index is 880. The predicted molar refractivity (Wildman–Crippen MR) is 85.6 cm³/mol. The van der Waals surface area contributed by atoms with Crippen LogP contribution in [0.4, 0.5) is 4.39 Å². The van der Waals surface area contributed by atoms with Crippen LogP contribution in [0.15, 0.2) is 36.7 Å². The minimum atomic E-state index is -1.85. The summed E-state index contributed by atoms with van der Waals surface area (Å²) in [4.78, 5) is 16.1. The minimum Gasteiger partial charge on any atom is -0.296 e. The molecule has 0 saturated heterocycles. The molecule has 0 atom stereocenters. The maximum absolute atomic E-state index is 13.7. The van der Waals surface area contributed by atoms with E-state index in [0.29, 0.717) is 5.69 Å². The highest BCUT2D eigenvalue weighted by Crippen LogP contribution is 2.23. The van der Waals surface area contributed by atoms with Gasteiger partial charge in [-0.2, -0.15) is 0 Å². The van der Waals surface area contributed by atoms with Gasteiger partial charge in [-0.1, -0.05) is 17.3 Å². The zero-order chi connectivity index (χ0) is 16.6. The number of carbonyl (C=O) groups is 1. The fourth-order valence-electron chi connectivity index (χ4n) is 2.30. The first-order chi connectivity index (χ1) is 10.8. The van der Waals surface area contributed by atoms with Gasteiger partial charge in [0.05, 0.1) is 12.6 Å². The minimum absolute atomic E-state index is 0.0190. The number of ketones is 1. The van der Waals surface area contributed by atoms with E-state index in [9.17, 15) is 9.18 Å². The van der Waals surface area contributed by atoms with Crippen LogP contribution in [0.1, 0.15) is 19.5 Å². The third kappa shape index (κ3) is 3.26. The van der Waals surface area contributed by atoms with E-state index in [1.54, 1.807) is 10.9 Å². The van der Waals surface area contributed by atoms with Crippen LogP contribution in [0.3, 0.4) is 0 Å². The summed E-state index contributed by atoms with van der Waals surface area (Å²) in [6.45, 7) is 2.53. The van der Waals surface area contributed by atoms with Crippen molar-refractivity contribution in [2.75, 3.05) is 0 Å². The molecule has 3 aromatic rings. The van der Waals surface area contributed by atoms with Gasteiger partial charge in [0.1, 0.15) is 5.69 Å². The Labute approximate surface area is 133 Å². The molecular formula is C17H17FN4O. The molecule has 6 heteroatoms. The normalized spacial score (nSPS) is 11.8. The van der Waals surface area contributed by atoms with Crippen LogP contribution < -0.4 is 0 Å². The molecule has 0 aliphatic rings. The maximum atomic E-state index is 13.7. The maximum Gasteiger partial charge on any atom is 0.175 e. The number of rotatable bonds is 4. The third-order valence-electron chi connectivity index (χ3n) is 3.68. The summed E-state index contributed by atoms with van der Waals surface area (Å²) in [5.41, 5.74) is 0.413. The number of halogens is 1. The molecule has 0 fully saturated rings. The van der Waals surface area contributed by atoms with Gasteiger partial charge in [0.25, 0.3) is 0 Å². The van der Waals surface area contributed by atoms with Gasteiger partial charge < -0.3 is 0 Å². The number of Topliss-reactive ketones (excluding diaryl/α,β-unsaturated/α-hetero) is 1. The summed E-state index contributed by atoms with van der Waals surface area (Å²) in [7, 11) is 1.81. The summed E-state index contributed by atoms with van der Waals surface area (Å²) in [5.74, 6) is -0.477. The lowest BCUT2D eigenvalue weighted by atomic mass is 10.00. The van der Waals surface area contributed by atoms with Crippen molar-refractivity contribution in [3.05, 3.63) is 42.4 Å². The van der Waals surface area contributed by atoms with E-state index in [1.807, 2.05) is 37.5 Å². The molecule has 0 N–H and O–H groups in total. The van der Waals surface area contributed by atoms with Crippen LogP contribution in [0, 0.1) is 0 Å². The number of hydrogen-bond acceptors (Lipinski definition) is 4. The molecule has 2 aromatic heterocycles. The Hall–Kier alpha value is -2.63. The lowest BCUT2D eigenvalue weighted by molar-refractivity contribution is -0.127. The van der Waals surface area contributed by atoms with Crippen molar-refractivity contribution in [1.29, 1.82) is 0 Å². The van der Waals surface area contributed by atoms with Gasteiger partial charge in [0.15, 0.2) is 11.5 Å².